The molecule has 8 heteroatoms. The summed E-state index contributed by atoms with van der Waals surface area (Å²) < 4.78 is 49.2. The van der Waals surface area contributed by atoms with Crippen LogP contribution < -0.4 is 0 Å². The molecule has 0 spiro atoms. The monoisotopic (exact) mass is 278 g/mol. The van der Waals surface area contributed by atoms with E-state index in [0.29, 0.717) is 6.07 Å². The van der Waals surface area contributed by atoms with Crippen molar-refractivity contribution in [1.29, 1.82) is 0 Å². The van der Waals surface area contributed by atoms with Gasteiger partial charge in [-0.05, 0) is 18.2 Å². The summed E-state index contributed by atoms with van der Waals surface area (Å²) in [4.78, 5) is 0. The van der Waals surface area contributed by atoms with Crippen LogP contribution in [0.1, 0.15) is 0 Å². The van der Waals surface area contributed by atoms with Gasteiger partial charge in [-0.3, -0.25) is 0 Å². The third-order valence-electron chi connectivity index (χ3n) is 1.95. The number of rotatable bonds is 2. The van der Waals surface area contributed by atoms with E-state index in [2.05, 4.69) is 5.10 Å². The Morgan fingerprint density at radius 1 is 1.18 bits per heavy atom. The number of hydrogen-bond donors (Lipinski definition) is 0. The highest BCUT2D eigenvalue weighted by molar-refractivity contribution is 8.13. The second-order valence-corrected chi connectivity index (χ2v) is 5.66. The van der Waals surface area contributed by atoms with Crippen LogP contribution in [-0.4, -0.2) is 18.2 Å². The molecule has 0 aliphatic carbocycles. The predicted octanol–water partition coefficient (Wildman–Crippen LogP) is 2.08. The fourth-order valence-corrected chi connectivity index (χ4v) is 2.26. The summed E-state index contributed by atoms with van der Waals surface area (Å²) in [5, 5.41) is 3.30. The molecule has 0 aliphatic rings. The summed E-state index contributed by atoms with van der Waals surface area (Å²) in [7, 11) is 1.12. The number of aromatic nitrogens is 2. The highest BCUT2D eigenvalue weighted by Crippen LogP contribution is 2.20. The Bertz CT molecular complexity index is 649. The quantitative estimate of drug-likeness (QED) is 0.790. The average Bonchev–Trinajstić information content (AvgIpc) is 2.63. The van der Waals surface area contributed by atoms with Gasteiger partial charge < -0.3 is 0 Å². The van der Waals surface area contributed by atoms with Crippen molar-refractivity contribution in [1.82, 2.24) is 9.78 Å². The Hall–Kier alpha value is -1.47. The Balaban J connectivity index is 2.66. The van der Waals surface area contributed by atoms with Crippen molar-refractivity contribution in [3.8, 4) is 5.69 Å². The molecule has 1 aromatic carbocycles. The normalized spacial score (nSPS) is 11.7. The number of halogens is 3. The zero-order valence-corrected chi connectivity index (χ0v) is 9.71. The van der Waals surface area contributed by atoms with Gasteiger partial charge in [-0.1, -0.05) is 0 Å². The van der Waals surface area contributed by atoms with Crippen LogP contribution >= 0.6 is 10.7 Å². The lowest BCUT2D eigenvalue weighted by Gasteiger charge is -2.05. The van der Waals surface area contributed by atoms with E-state index in [9.17, 15) is 17.2 Å². The van der Waals surface area contributed by atoms with E-state index in [4.69, 9.17) is 10.7 Å². The first-order chi connectivity index (χ1) is 7.88. The van der Waals surface area contributed by atoms with Crippen LogP contribution in [0.5, 0.6) is 0 Å². The van der Waals surface area contributed by atoms with Crippen molar-refractivity contribution in [3.63, 3.8) is 0 Å². The van der Waals surface area contributed by atoms with Crippen molar-refractivity contribution >= 4 is 19.7 Å². The minimum atomic E-state index is -4.04. The molecule has 0 saturated carbocycles. The summed E-state index contributed by atoms with van der Waals surface area (Å²) in [5.41, 5.74) is -0.0632. The molecule has 4 nitrogen and oxygen atoms in total. The molecule has 0 fully saturated rings. The number of benzene rings is 1. The number of hydrogen-bond acceptors (Lipinski definition) is 3. The molecule has 17 heavy (non-hydrogen) atoms. The summed E-state index contributed by atoms with van der Waals surface area (Å²) >= 11 is 0. The lowest BCUT2D eigenvalue weighted by Crippen LogP contribution is -2.05. The second kappa shape index (κ2) is 4.08. The van der Waals surface area contributed by atoms with E-state index in [1.807, 2.05) is 0 Å². The van der Waals surface area contributed by atoms with E-state index in [1.165, 1.54) is 0 Å². The third-order valence-corrected chi connectivity index (χ3v) is 3.23. The van der Waals surface area contributed by atoms with Gasteiger partial charge in [-0.2, -0.15) is 5.10 Å². The minimum Gasteiger partial charge on any atom is -0.221 e. The van der Waals surface area contributed by atoms with Crippen LogP contribution in [0.4, 0.5) is 8.78 Å². The van der Waals surface area contributed by atoms with E-state index >= 15 is 0 Å². The van der Waals surface area contributed by atoms with Gasteiger partial charge in [0.15, 0.2) is 5.03 Å². The first kappa shape index (κ1) is 12.0. The van der Waals surface area contributed by atoms with Crippen LogP contribution in [0.25, 0.3) is 5.69 Å². The lowest BCUT2D eigenvalue weighted by molar-refractivity contribution is 0.575. The predicted molar refractivity (Wildman–Crippen MR) is 56.5 cm³/mol. The summed E-state index contributed by atoms with van der Waals surface area (Å²) in [6.07, 6.45) is 1.16. The topological polar surface area (TPSA) is 52.0 Å². The maximum atomic E-state index is 13.0. The van der Waals surface area contributed by atoms with Crippen molar-refractivity contribution in [2.75, 3.05) is 0 Å². The second-order valence-electron chi connectivity index (χ2n) is 3.15. The van der Waals surface area contributed by atoms with Gasteiger partial charge in [0, 0.05) is 16.7 Å². The van der Waals surface area contributed by atoms with Crippen molar-refractivity contribution in [2.45, 2.75) is 5.03 Å². The first-order valence-electron chi connectivity index (χ1n) is 4.33. The number of nitrogens with zero attached hydrogens (tertiary/aromatic N) is 2. The Kier molecular flexibility index (Phi) is 2.88. The van der Waals surface area contributed by atoms with Crippen LogP contribution in [0, 0.1) is 11.6 Å². The van der Waals surface area contributed by atoms with E-state index < -0.39 is 20.7 Å². The Labute approximate surface area is 99.9 Å². The third kappa shape index (κ3) is 2.45. The standard InChI is InChI=1S/C9H5ClF2N2O2S/c10-17(15,16)9-1-2-13-14(9)8-4-6(11)3-7(12)5-8/h1-5H. The molecule has 0 bridgehead atoms. The highest BCUT2D eigenvalue weighted by Gasteiger charge is 2.18. The van der Waals surface area contributed by atoms with Gasteiger partial charge in [0.25, 0.3) is 9.05 Å². The van der Waals surface area contributed by atoms with Gasteiger partial charge in [-0.15, -0.1) is 0 Å². The molecule has 0 amide bonds. The molecular weight excluding hydrogens is 274 g/mol. The van der Waals surface area contributed by atoms with E-state index in [0.717, 1.165) is 29.1 Å². The molecular formula is C9H5ClF2N2O2S. The van der Waals surface area contributed by atoms with E-state index in [1.54, 1.807) is 0 Å². The molecule has 1 aromatic heterocycles. The summed E-state index contributed by atoms with van der Waals surface area (Å²) in [6.45, 7) is 0. The zero-order valence-electron chi connectivity index (χ0n) is 8.14. The fourth-order valence-electron chi connectivity index (χ4n) is 1.33. The molecule has 1 heterocycles. The van der Waals surface area contributed by atoms with Gasteiger partial charge >= 0.3 is 0 Å². The van der Waals surface area contributed by atoms with Gasteiger partial charge in [0.1, 0.15) is 11.6 Å². The van der Waals surface area contributed by atoms with Gasteiger partial charge in [-0.25, -0.2) is 21.9 Å². The Morgan fingerprint density at radius 2 is 1.76 bits per heavy atom. The molecule has 0 saturated heterocycles. The maximum Gasteiger partial charge on any atom is 0.278 e. The van der Waals surface area contributed by atoms with Gasteiger partial charge in [0.05, 0.1) is 11.9 Å². The average molecular weight is 279 g/mol. The molecule has 0 aliphatic heterocycles. The van der Waals surface area contributed by atoms with Crippen molar-refractivity contribution in [3.05, 3.63) is 42.1 Å². The molecule has 0 atom stereocenters. The fraction of sp³-hybridized carbons (Fsp3) is 0. The van der Waals surface area contributed by atoms with Crippen LogP contribution in [0.2, 0.25) is 0 Å². The highest BCUT2D eigenvalue weighted by atomic mass is 35.7. The molecule has 0 radical (unpaired) electrons. The first-order valence-corrected chi connectivity index (χ1v) is 6.64. The van der Waals surface area contributed by atoms with Crippen LogP contribution in [-0.2, 0) is 9.05 Å². The van der Waals surface area contributed by atoms with Crippen LogP contribution in [0.3, 0.4) is 0 Å². The molecule has 0 N–H and O–H groups in total. The zero-order chi connectivity index (χ0) is 12.6. The summed E-state index contributed by atoms with van der Waals surface area (Å²) in [5.74, 6) is -1.68. The van der Waals surface area contributed by atoms with Crippen LogP contribution in [0.15, 0.2) is 35.5 Å². The summed E-state index contributed by atoms with van der Waals surface area (Å²) in [6, 6.07) is 3.69. The minimum absolute atomic E-state index is 0.0632. The van der Waals surface area contributed by atoms with E-state index in [-0.39, 0.29) is 10.7 Å². The lowest BCUT2D eigenvalue weighted by atomic mass is 10.3. The SMILES string of the molecule is O=S(=O)(Cl)c1ccnn1-c1cc(F)cc(F)c1. The molecule has 2 rings (SSSR count). The van der Waals surface area contributed by atoms with Crippen molar-refractivity contribution in [2.24, 2.45) is 0 Å². The maximum absolute atomic E-state index is 13.0. The van der Waals surface area contributed by atoms with Gasteiger partial charge in [0.2, 0.25) is 0 Å². The molecule has 0 unspecified atom stereocenters. The molecule has 90 valence electrons. The largest absolute Gasteiger partial charge is 0.278 e. The van der Waals surface area contributed by atoms with Crippen molar-refractivity contribution < 1.29 is 17.2 Å². The Morgan fingerprint density at radius 3 is 2.29 bits per heavy atom. The smallest absolute Gasteiger partial charge is 0.221 e. The molecule has 2 aromatic rings.